The number of rotatable bonds is 5. The highest BCUT2D eigenvalue weighted by Gasteiger charge is 2.36. The molecule has 1 aliphatic heterocycles. The number of likely N-dealkylation sites (tertiary alicyclic amines) is 1. The van der Waals surface area contributed by atoms with Gasteiger partial charge in [0.1, 0.15) is 0 Å². The number of sulfonamides is 1. The van der Waals surface area contributed by atoms with Gasteiger partial charge in [0.25, 0.3) is 5.91 Å². The molecule has 1 aromatic carbocycles. The summed E-state index contributed by atoms with van der Waals surface area (Å²) in [4.78, 5) is 18.1. The lowest BCUT2D eigenvalue weighted by Gasteiger charge is -2.17. The first kappa shape index (κ1) is 18.9. The molecule has 0 radical (unpaired) electrons. The minimum absolute atomic E-state index is 0.0379. The van der Waals surface area contributed by atoms with Gasteiger partial charge in [-0.1, -0.05) is 13.3 Å². The summed E-state index contributed by atoms with van der Waals surface area (Å²) in [6.45, 7) is 7.14. The molecule has 26 heavy (non-hydrogen) atoms. The van der Waals surface area contributed by atoms with Crippen molar-refractivity contribution in [3.8, 4) is 0 Å². The molecule has 1 fully saturated rings. The lowest BCUT2D eigenvalue weighted by Crippen LogP contribution is -2.40. The van der Waals surface area contributed by atoms with Crippen LogP contribution in [0.25, 0.3) is 10.9 Å². The molecule has 2 atom stereocenters. The molecular formula is C19H27N3O3S. The van der Waals surface area contributed by atoms with Crippen molar-refractivity contribution < 1.29 is 13.2 Å². The number of nitrogens with one attached hydrogen (secondary N) is 2. The van der Waals surface area contributed by atoms with Crippen LogP contribution in [0.5, 0.6) is 0 Å². The fraction of sp³-hybridized carbons (Fsp3) is 0.526. The Balaban J connectivity index is 1.84. The van der Waals surface area contributed by atoms with Gasteiger partial charge in [0.15, 0.2) is 0 Å². The van der Waals surface area contributed by atoms with E-state index >= 15 is 0 Å². The zero-order valence-corrected chi connectivity index (χ0v) is 16.6. The smallest absolute Gasteiger partial charge is 0.253 e. The molecule has 2 heterocycles. The Bertz CT molecular complexity index is 933. The first-order valence-electron chi connectivity index (χ1n) is 9.05. The van der Waals surface area contributed by atoms with E-state index in [1.54, 1.807) is 4.90 Å². The van der Waals surface area contributed by atoms with E-state index in [4.69, 9.17) is 0 Å². The van der Waals surface area contributed by atoms with E-state index in [1.165, 1.54) is 6.26 Å². The molecule has 2 unspecified atom stereocenters. The maximum absolute atomic E-state index is 13.0. The largest absolute Gasteiger partial charge is 0.358 e. The Morgan fingerprint density at radius 2 is 2.04 bits per heavy atom. The zero-order valence-electron chi connectivity index (χ0n) is 15.8. The highest BCUT2D eigenvalue weighted by atomic mass is 32.2. The number of hydrogen-bond acceptors (Lipinski definition) is 3. The summed E-state index contributed by atoms with van der Waals surface area (Å²) in [5.74, 6) is 0.114. The molecule has 6 nitrogen and oxygen atoms in total. The normalized spacial score (nSPS) is 20.8. The van der Waals surface area contributed by atoms with Gasteiger partial charge >= 0.3 is 0 Å². The van der Waals surface area contributed by atoms with E-state index in [9.17, 15) is 13.2 Å². The highest BCUT2D eigenvalue weighted by Crippen LogP contribution is 2.26. The van der Waals surface area contributed by atoms with Gasteiger partial charge in [-0.3, -0.25) is 4.79 Å². The second-order valence-corrected chi connectivity index (χ2v) is 9.17. The van der Waals surface area contributed by atoms with E-state index in [-0.39, 0.29) is 17.9 Å². The molecule has 1 amide bonds. The Kier molecular flexibility index (Phi) is 5.12. The topological polar surface area (TPSA) is 82.3 Å². The molecular weight excluding hydrogens is 350 g/mol. The number of aryl methyl sites for hydroxylation is 2. The molecule has 1 aliphatic rings. The first-order chi connectivity index (χ1) is 12.2. The summed E-state index contributed by atoms with van der Waals surface area (Å²) in [6.07, 6.45) is 3.03. The van der Waals surface area contributed by atoms with Gasteiger partial charge in [-0.05, 0) is 49.9 Å². The Labute approximate surface area is 155 Å². The lowest BCUT2D eigenvalue weighted by atomic mass is 9.99. The number of aromatic nitrogens is 1. The molecule has 7 heteroatoms. The van der Waals surface area contributed by atoms with Crippen LogP contribution < -0.4 is 4.72 Å². The second kappa shape index (κ2) is 7.04. The summed E-state index contributed by atoms with van der Waals surface area (Å²) in [5, 5.41) is 1.06. The van der Waals surface area contributed by atoms with Gasteiger partial charge in [0.05, 0.1) is 6.26 Å². The summed E-state index contributed by atoms with van der Waals surface area (Å²) >= 11 is 0. The Morgan fingerprint density at radius 1 is 1.31 bits per heavy atom. The Morgan fingerprint density at radius 3 is 2.69 bits per heavy atom. The van der Waals surface area contributed by atoms with Gasteiger partial charge in [0.2, 0.25) is 10.0 Å². The quantitative estimate of drug-likeness (QED) is 0.840. The van der Waals surface area contributed by atoms with Crippen molar-refractivity contribution in [3.63, 3.8) is 0 Å². The van der Waals surface area contributed by atoms with Crippen molar-refractivity contribution in [2.75, 3.05) is 19.3 Å². The van der Waals surface area contributed by atoms with Crippen LogP contribution in [0.3, 0.4) is 0 Å². The average molecular weight is 378 g/mol. The van der Waals surface area contributed by atoms with E-state index in [0.29, 0.717) is 18.7 Å². The monoisotopic (exact) mass is 377 g/mol. The van der Waals surface area contributed by atoms with Crippen LogP contribution in [0.4, 0.5) is 0 Å². The number of carbonyl (C=O) groups is 1. The molecule has 0 spiro atoms. The number of amides is 1. The van der Waals surface area contributed by atoms with Crippen LogP contribution in [0.15, 0.2) is 18.2 Å². The summed E-state index contributed by atoms with van der Waals surface area (Å²) < 4.78 is 26.0. The maximum atomic E-state index is 13.0. The summed E-state index contributed by atoms with van der Waals surface area (Å²) in [5.41, 5.74) is 3.93. The fourth-order valence-electron chi connectivity index (χ4n) is 3.89. The predicted octanol–water partition coefficient (Wildman–Crippen LogP) is 2.57. The van der Waals surface area contributed by atoms with Crippen molar-refractivity contribution in [1.82, 2.24) is 14.6 Å². The number of benzene rings is 1. The molecule has 2 N–H and O–H groups in total. The third-order valence-corrected chi connectivity index (χ3v) is 6.04. The van der Waals surface area contributed by atoms with E-state index < -0.39 is 10.0 Å². The minimum Gasteiger partial charge on any atom is -0.358 e. The molecule has 142 valence electrons. The lowest BCUT2D eigenvalue weighted by molar-refractivity contribution is 0.0785. The maximum Gasteiger partial charge on any atom is 0.253 e. The van der Waals surface area contributed by atoms with E-state index in [2.05, 4.69) is 16.6 Å². The van der Waals surface area contributed by atoms with Crippen LogP contribution in [-0.2, 0) is 10.0 Å². The van der Waals surface area contributed by atoms with Gasteiger partial charge in [-0.2, -0.15) is 0 Å². The number of carbonyl (C=O) groups excluding carboxylic acids is 1. The number of hydrogen-bond donors (Lipinski definition) is 2. The van der Waals surface area contributed by atoms with Gasteiger partial charge in [-0.15, -0.1) is 0 Å². The average Bonchev–Trinajstić information content (AvgIpc) is 3.07. The summed E-state index contributed by atoms with van der Waals surface area (Å²) in [7, 11) is -3.30. The number of aromatic amines is 1. The van der Waals surface area contributed by atoms with Gasteiger partial charge < -0.3 is 9.88 Å². The molecule has 2 aromatic rings. The molecule has 1 aromatic heterocycles. The molecule has 3 rings (SSSR count). The predicted molar refractivity (Wildman–Crippen MR) is 104 cm³/mol. The van der Waals surface area contributed by atoms with Crippen LogP contribution in [0.2, 0.25) is 0 Å². The van der Waals surface area contributed by atoms with Crippen LogP contribution in [0.1, 0.15) is 41.4 Å². The molecule has 0 bridgehead atoms. The van der Waals surface area contributed by atoms with Crippen molar-refractivity contribution in [3.05, 3.63) is 35.0 Å². The fourth-order valence-corrected chi connectivity index (χ4v) is 4.70. The Hall–Kier alpha value is -1.86. The van der Waals surface area contributed by atoms with Crippen LogP contribution in [0, 0.1) is 19.8 Å². The first-order valence-corrected chi connectivity index (χ1v) is 10.9. The van der Waals surface area contributed by atoms with Crippen LogP contribution in [-0.4, -0.2) is 49.6 Å². The van der Waals surface area contributed by atoms with E-state index in [1.807, 2.05) is 32.0 Å². The second-order valence-electron chi connectivity index (χ2n) is 7.39. The van der Waals surface area contributed by atoms with Crippen molar-refractivity contribution >= 4 is 26.8 Å². The minimum atomic E-state index is -3.30. The van der Waals surface area contributed by atoms with Gasteiger partial charge in [0, 0.05) is 41.3 Å². The van der Waals surface area contributed by atoms with Crippen LogP contribution >= 0.6 is 0 Å². The standard InChI is InChI=1S/C19H27N3O3S/c1-5-6-15-10-22(11-18(15)21-26(4,24)25)19(23)14-7-8-17-16(9-14)12(2)13(3)20-17/h7-9,15,18,20-21H,5-6,10-11H2,1-4H3. The van der Waals surface area contributed by atoms with Crippen molar-refractivity contribution in [2.24, 2.45) is 5.92 Å². The van der Waals surface area contributed by atoms with Crippen molar-refractivity contribution in [2.45, 2.75) is 39.7 Å². The van der Waals surface area contributed by atoms with Crippen molar-refractivity contribution in [1.29, 1.82) is 0 Å². The zero-order chi connectivity index (χ0) is 19.1. The number of H-pyrrole nitrogens is 1. The summed E-state index contributed by atoms with van der Waals surface area (Å²) in [6, 6.07) is 5.50. The highest BCUT2D eigenvalue weighted by molar-refractivity contribution is 7.88. The number of nitrogens with zero attached hydrogens (tertiary/aromatic N) is 1. The molecule has 0 aliphatic carbocycles. The van der Waals surface area contributed by atoms with E-state index in [0.717, 1.165) is 35.0 Å². The number of fused-ring (bicyclic) bond motifs is 1. The third kappa shape index (κ3) is 3.78. The van der Waals surface area contributed by atoms with Gasteiger partial charge in [-0.25, -0.2) is 13.1 Å². The molecule has 0 saturated carbocycles. The SMILES string of the molecule is CCCC1CN(C(=O)c2ccc3[nH]c(C)c(C)c3c2)CC1NS(C)(=O)=O. The third-order valence-electron chi connectivity index (χ3n) is 5.31. The molecule has 1 saturated heterocycles.